The van der Waals surface area contributed by atoms with Crippen LogP contribution in [0.25, 0.3) is 0 Å². The molecule has 0 bridgehead atoms. The maximum Gasteiger partial charge on any atom is 0.407 e. The maximum absolute atomic E-state index is 12.5. The highest BCUT2D eigenvalue weighted by Crippen LogP contribution is 2.40. The van der Waals surface area contributed by atoms with Crippen molar-refractivity contribution >= 4 is 0 Å². The number of hydrogen-bond donors (Lipinski definition) is 3. The summed E-state index contributed by atoms with van der Waals surface area (Å²) >= 11 is 0. The van der Waals surface area contributed by atoms with Gasteiger partial charge < -0.3 is 20.7 Å². The number of aliphatic hydroxyl groups excluding tert-OH is 1. The van der Waals surface area contributed by atoms with E-state index >= 15 is 0 Å². The number of phenols is 1. The van der Waals surface area contributed by atoms with Crippen LogP contribution in [0.5, 0.6) is 11.5 Å². The fourth-order valence-electron chi connectivity index (χ4n) is 1.46. The highest BCUT2D eigenvalue weighted by atomic mass is 19.4. The van der Waals surface area contributed by atoms with E-state index in [0.29, 0.717) is 0 Å². The van der Waals surface area contributed by atoms with Gasteiger partial charge in [0.2, 0.25) is 0 Å². The smallest absolute Gasteiger partial charge is 0.407 e. The molecule has 7 heteroatoms. The van der Waals surface area contributed by atoms with Crippen LogP contribution in [0.15, 0.2) is 12.1 Å². The molecular formula is C11H14F3NO3. The first kappa shape index (κ1) is 14.6. The van der Waals surface area contributed by atoms with Crippen LogP contribution in [0.2, 0.25) is 0 Å². The number of hydrogen-bond acceptors (Lipinski definition) is 4. The van der Waals surface area contributed by atoms with Crippen molar-refractivity contribution in [2.45, 2.75) is 25.7 Å². The zero-order valence-electron chi connectivity index (χ0n) is 9.66. The molecule has 0 saturated heterocycles. The molecule has 0 radical (unpaired) electrons. The van der Waals surface area contributed by atoms with Gasteiger partial charge in [0.1, 0.15) is 6.04 Å². The third-order valence-electron chi connectivity index (χ3n) is 2.33. The number of rotatable bonds is 4. The largest absolute Gasteiger partial charge is 0.504 e. The van der Waals surface area contributed by atoms with E-state index in [1.165, 1.54) is 6.07 Å². The van der Waals surface area contributed by atoms with Gasteiger partial charge in [-0.1, -0.05) is 0 Å². The van der Waals surface area contributed by atoms with Crippen LogP contribution in [-0.2, 0) is 6.61 Å². The molecule has 0 spiro atoms. The Hall–Kier alpha value is -1.47. The number of alkyl halides is 3. The van der Waals surface area contributed by atoms with Crippen LogP contribution in [0.3, 0.4) is 0 Å². The molecule has 0 aliphatic heterocycles. The normalized spacial score (nSPS) is 13.4. The molecule has 0 aliphatic rings. The van der Waals surface area contributed by atoms with Crippen LogP contribution in [0, 0.1) is 0 Å². The van der Waals surface area contributed by atoms with E-state index in [2.05, 4.69) is 0 Å². The molecule has 0 aliphatic carbocycles. The predicted molar refractivity (Wildman–Crippen MR) is 58.2 cm³/mol. The van der Waals surface area contributed by atoms with E-state index in [1.807, 2.05) is 0 Å². The lowest BCUT2D eigenvalue weighted by Gasteiger charge is -2.19. The molecule has 0 aromatic heterocycles. The van der Waals surface area contributed by atoms with Crippen LogP contribution in [-0.4, -0.2) is 23.0 Å². The monoisotopic (exact) mass is 265 g/mol. The summed E-state index contributed by atoms with van der Waals surface area (Å²) in [4.78, 5) is 0. The van der Waals surface area contributed by atoms with E-state index in [1.54, 1.807) is 6.92 Å². The average molecular weight is 265 g/mol. The number of halogens is 3. The van der Waals surface area contributed by atoms with E-state index in [9.17, 15) is 18.3 Å². The zero-order valence-corrected chi connectivity index (χ0v) is 9.66. The quantitative estimate of drug-likeness (QED) is 0.776. The van der Waals surface area contributed by atoms with Gasteiger partial charge in [0, 0.05) is 5.56 Å². The SMILES string of the molecule is CCOc1cc(CO)cc([C@@H](N)C(F)(F)F)c1O. The minimum Gasteiger partial charge on any atom is -0.504 e. The Bertz CT molecular complexity index is 421. The molecule has 1 atom stereocenters. The summed E-state index contributed by atoms with van der Waals surface area (Å²) in [7, 11) is 0. The molecule has 0 saturated carbocycles. The van der Waals surface area contributed by atoms with Crippen molar-refractivity contribution in [3.8, 4) is 11.5 Å². The molecule has 18 heavy (non-hydrogen) atoms. The van der Waals surface area contributed by atoms with E-state index < -0.39 is 30.1 Å². The van der Waals surface area contributed by atoms with Crippen LogP contribution in [0.4, 0.5) is 13.2 Å². The molecule has 0 unspecified atom stereocenters. The number of aliphatic hydroxyl groups is 1. The second kappa shape index (κ2) is 5.45. The van der Waals surface area contributed by atoms with Gasteiger partial charge in [0.05, 0.1) is 13.2 Å². The number of phenolic OH excluding ortho intramolecular Hbond substituents is 1. The van der Waals surface area contributed by atoms with Crippen LogP contribution >= 0.6 is 0 Å². The lowest BCUT2D eigenvalue weighted by atomic mass is 10.0. The predicted octanol–water partition coefficient (Wildman–Crippen LogP) is 1.85. The summed E-state index contributed by atoms with van der Waals surface area (Å²) in [6, 6.07) is -0.0512. The highest BCUT2D eigenvalue weighted by Gasteiger charge is 2.40. The molecule has 1 rings (SSSR count). The average Bonchev–Trinajstić information content (AvgIpc) is 2.30. The number of benzene rings is 1. The molecule has 102 valence electrons. The number of nitrogens with two attached hydrogens (primary N) is 1. The first-order valence-corrected chi connectivity index (χ1v) is 5.23. The molecular weight excluding hydrogens is 251 g/mol. The van der Waals surface area contributed by atoms with E-state index in [4.69, 9.17) is 15.6 Å². The Morgan fingerprint density at radius 3 is 2.44 bits per heavy atom. The Morgan fingerprint density at radius 2 is 2.00 bits per heavy atom. The van der Waals surface area contributed by atoms with Crippen LogP contribution in [0.1, 0.15) is 24.1 Å². The van der Waals surface area contributed by atoms with Gasteiger partial charge in [0.25, 0.3) is 0 Å². The Kier molecular flexibility index (Phi) is 4.42. The first-order valence-electron chi connectivity index (χ1n) is 5.23. The van der Waals surface area contributed by atoms with Crippen molar-refractivity contribution in [3.63, 3.8) is 0 Å². The number of ether oxygens (including phenoxy) is 1. The van der Waals surface area contributed by atoms with Gasteiger partial charge in [-0.05, 0) is 24.6 Å². The molecule has 0 heterocycles. The van der Waals surface area contributed by atoms with Crippen molar-refractivity contribution in [3.05, 3.63) is 23.3 Å². The number of aromatic hydroxyl groups is 1. The van der Waals surface area contributed by atoms with Gasteiger partial charge in [-0.2, -0.15) is 13.2 Å². The first-order chi connectivity index (χ1) is 8.31. The second-order valence-corrected chi connectivity index (χ2v) is 3.64. The minimum atomic E-state index is -4.69. The van der Waals surface area contributed by atoms with Crippen molar-refractivity contribution in [1.29, 1.82) is 0 Å². The molecule has 1 aromatic carbocycles. The summed E-state index contributed by atoms with van der Waals surface area (Å²) in [6.45, 7) is 1.31. The lowest BCUT2D eigenvalue weighted by Crippen LogP contribution is -2.28. The van der Waals surface area contributed by atoms with Crippen molar-refractivity contribution in [2.24, 2.45) is 5.73 Å². The lowest BCUT2D eigenvalue weighted by molar-refractivity contribution is -0.149. The van der Waals surface area contributed by atoms with Crippen molar-refractivity contribution in [2.75, 3.05) is 6.61 Å². The zero-order chi connectivity index (χ0) is 13.9. The van der Waals surface area contributed by atoms with Crippen molar-refractivity contribution < 1.29 is 28.1 Å². The summed E-state index contributed by atoms with van der Waals surface area (Å²) in [5, 5.41) is 18.7. The topological polar surface area (TPSA) is 75.7 Å². The van der Waals surface area contributed by atoms with Gasteiger partial charge in [-0.25, -0.2) is 0 Å². The van der Waals surface area contributed by atoms with Gasteiger partial charge in [-0.3, -0.25) is 0 Å². The van der Waals surface area contributed by atoms with Gasteiger partial charge in [-0.15, -0.1) is 0 Å². The van der Waals surface area contributed by atoms with Crippen molar-refractivity contribution in [1.82, 2.24) is 0 Å². The summed E-state index contributed by atoms with van der Waals surface area (Å²) in [5.41, 5.74) is 4.71. The Morgan fingerprint density at radius 1 is 1.39 bits per heavy atom. The fraction of sp³-hybridized carbons (Fsp3) is 0.455. The second-order valence-electron chi connectivity index (χ2n) is 3.64. The Labute approximate surface area is 102 Å². The molecule has 1 aromatic rings. The Balaban J connectivity index is 3.29. The standard InChI is InChI=1S/C11H14F3NO3/c1-2-18-8-4-6(5-16)3-7(9(8)17)10(15)11(12,13)14/h3-4,10,16-17H,2,5,15H2,1H3/t10-/m1/s1. The summed E-state index contributed by atoms with van der Waals surface area (Å²) in [6.07, 6.45) is -4.69. The fourth-order valence-corrected chi connectivity index (χ4v) is 1.46. The van der Waals surface area contributed by atoms with Gasteiger partial charge >= 0.3 is 6.18 Å². The summed E-state index contributed by atoms with van der Waals surface area (Å²) < 4.78 is 42.6. The molecule has 0 fully saturated rings. The minimum absolute atomic E-state index is 0.126. The highest BCUT2D eigenvalue weighted by molar-refractivity contribution is 5.50. The summed E-state index contributed by atoms with van der Waals surface area (Å²) in [5.74, 6) is -0.780. The molecule has 0 amide bonds. The van der Waals surface area contributed by atoms with Gasteiger partial charge in [0.15, 0.2) is 11.5 Å². The maximum atomic E-state index is 12.5. The van der Waals surface area contributed by atoms with E-state index in [0.717, 1.165) is 6.07 Å². The third kappa shape index (κ3) is 3.05. The third-order valence-corrected chi connectivity index (χ3v) is 2.33. The molecule has 4 nitrogen and oxygen atoms in total. The van der Waals surface area contributed by atoms with Crippen LogP contribution < -0.4 is 10.5 Å². The van der Waals surface area contributed by atoms with E-state index in [-0.39, 0.29) is 17.9 Å². The molecule has 4 N–H and O–H groups in total.